The number of rotatable bonds is 6. The number of aromatic nitrogens is 2. The molecule has 2 aromatic carbocycles. The van der Waals surface area contributed by atoms with Crippen LogP contribution in [0.3, 0.4) is 0 Å². The molecular formula is C32H42Br2N6O4. The Kier molecular flexibility index (Phi) is 10.9. The van der Waals surface area contributed by atoms with Crippen LogP contribution < -0.4 is 11.0 Å². The third-order valence-corrected chi connectivity index (χ3v) is 11.0. The third kappa shape index (κ3) is 7.24. The maximum Gasteiger partial charge on any atom is 0.410 e. The van der Waals surface area contributed by atoms with Gasteiger partial charge >= 0.3 is 11.8 Å². The van der Waals surface area contributed by atoms with Crippen LogP contribution >= 0.6 is 31.9 Å². The molecule has 0 aliphatic carbocycles. The monoisotopic (exact) mass is 732 g/mol. The standard InChI is InChI=1S/C31H38Br2N6O4.CH4/c32-24-6-5-21(19-25(24)33)20-28(29(40)37-13-7-22(8-14-37)36-17-11-34-12-18-36)43-31(42)38-15-9-23(10-16-38)39-27-4-2-1-3-26(27)35-30(39)41;/h1-6,19,22-23,28,34H,7-18,20H2,(H,35,41);1H4/t28-;/m1./s1. The van der Waals surface area contributed by atoms with Gasteiger partial charge in [0.1, 0.15) is 0 Å². The Labute approximate surface area is 275 Å². The van der Waals surface area contributed by atoms with Gasteiger partial charge in [0.2, 0.25) is 0 Å². The minimum atomic E-state index is -0.912. The third-order valence-electron chi connectivity index (χ3n) is 9.08. The van der Waals surface area contributed by atoms with Gasteiger partial charge in [0.05, 0.1) is 11.0 Å². The van der Waals surface area contributed by atoms with E-state index in [-0.39, 0.29) is 25.1 Å². The van der Waals surface area contributed by atoms with Crippen molar-refractivity contribution in [3.63, 3.8) is 0 Å². The Hall–Kier alpha value is -2.67. The second kappa shape index (κ2) is 14.6. The number of hydrogen-bond acceptors (Lipinski definition) is 6. The van der Waals surface area contributed by atoms with E-state index in [4.69, 9.17) is 4.74 Å². The van der Waals surface area contributed by atoms with Crippen molar-refractivity contribution in [1.29, 1.82) is 0 Å². The number of H-pyrrole nitrogens is 1. The van der Waals surface area contributed by atoms with Crippen LogP contribution in [0.15, 0.2) is 56.2 Å². The van der Waals surface area contributed by atoms with Gasteiger partial charge in [-0.1, -0.05) is 25.6 Å². The molecule has 0 radical (unpaired) electrons. The van der Waals surface area contributed by atoms with Gasteiger partial charge in [0, 0.05) is 79.8 Å². The van der Waals surface area contributed by atoms with Crippen molar-refractivity contribution in [3.8, 4) is 0 Å². The number of imidazole rings is 1. The van der Waals surface area contributed by atoms with Gasteiger partial charge < -0.3 is 24.8 Å². The Morgan fingerprint density at radius 2 is 1.52 bits per heavy atom. The summed E-state index contributed by atoms with van der Waals surface area (Å²) in [6.07, 6.45) is 2.03. The highest BCUT2D eigenvalue weighted by molar-refractivity contribution is 9.13. The van der Waals surface area contributed by atoms with E-state index < -0.39 is 12.2 Å². The number of nitrogens with zero attached hydrogens (tertiary/aromatic N) is 4. The first kappa shape index (κ1) is 32.7. The summed E-state index contributed by atoms with van der Waals surface area (Å²) >= 11 is 7.06. The first-order valence-electron chi connectivity index (χ1n) is 15.2. The first-order chi connectivity index (χ1) is 20.9. The van der Waals surface area contributed by atoms with E-state index in [1.165, 1.54) is 0 Å². The molecule has 44 heavy (non-hydrogen) atoms. The van der Waals surface area contributed by atoms with Gasteiger partial charge in [-0.05, 0) is 87.4 Å². The molecule has 3 aromatic rings. The number of ether oxygens (including phenoxy) is 1. The molecule has 2 amide bonds. The van der Waals surface area contributed by atoms with Gasteiger partial charge in [-0.25, -0.2) is 9.59 Å². The van der Waals surface area contributed by atoms with Crippen molar-refractivity contribution < 1.29 is 14.3 Å². The summed E-state index contributed by atoms with van der Waals surface area (Å²) in [7, 11) is 0. The molecule has 0 unspecified atom stereocenters. The van der Waals surface area contributed by atoms with E-state index in [1.54, 1.807) is 9.47 Å². The van der Waals surface area contributed by atoms with E-state index in [2.05, 4.69) is 47.1 Å². The molecule has 1 aromatic heterocycles. The van der Waals surface area contributed by atoms with Crippen molar-refractivity contribution in [2.45, 2.75) is 57.7 Å². The van der Waals surface area contributed by atoms with Crippen LogP contribution in [0.5, 0.6) is 0 Å². The van der Waals surface area contributed by atoms with Gasteiger partial charge in [-0.15, -0.1) is 0 Å². The molecule has 1 atom stereocenters. The lowest BCUT2D eigenvalue weighted by atomic mass is 10.0. The predicted octanol–water partition coefficient (Wildman–Crippen LogP) is 4.77. The summed E-state index contributed by atoms with van der Waals surface area (Å²) in [5.41, 5.74) is 2.47. The fourth-order valence-corrected chi connectivity index (χ4v) is 7.37. The lowest BCUT2D eigenvalue weighted by Gasteiger charge is -2.41. The number of piperidine rings is 2. The van der Waals surface area contributed by atoms with Crippen molar-refractivity contribution in [1.82, 2.24) is 29.6 Å². The fourth-order valence-electron chi connectivity index (χ4n) is 6.70. The number of fused-ring (bicyclic) bond motifs is 1. The molecule has 3 aliphatic rings. The van der Waals surface area contributed by atoms with Crippen molar-refractivity contribution >= 4 is 54.9 Å². The predicted molar refractivity (Wildman–Crippen MR) is 179 cm³/mol. The summed E-state index contributed by atoms with van der Waals surface area (Å²) in [6.45, 7) is 6.34. The first-order valence-corrected chi connectivity index (χ1v) is 16.8. The van der Waals surface area contributed by atoms with Crippen LogP contribution in [0.1, 0.15) is 44.7 Å². The number of carbonyl (C=O) groups is 2. The SMILES string of the molecule is C.O=C(O[C@H](Cc1ccc(Br)c(Br)c1)C(=O)N1CCC(N2CCNCC2)CC1)N1CCC(n2c(=O)[nH]c3ccccc32)CC1. The number of hydrogen-bond donors (Lipinski definition) is 2. The minimum absolute atomic E-state index is 0. The van der Waals surface area contributed by atoms with E-state index >= 15 is 0 Å². The largest absolute Gasteiger partial charge is 0.436 e. The highest BCUT2D eigenvalue weighted by atomic mass is 79.9. The van der Waals surface area contributed by atoms with E-state index in [0.29, 0.717) is 51.5 Å². The number of likely N-dealkylation sites (tertiary alicyclic amines) is 2. The Balaban J connectivity index is 0.00000384. The summed E-state index contributed by atoms with van der Waals surface area (Å²) in [6, 6.07) is 14.0. The van der Waals surface area contributed by atoms with Crippen LogP contribution in [-0.2, 0) is 16.0 Å². The highest BCUT2D eigenvalue weighted by Crippen LogP contribution is 2.28. The lowest BCUT2D eigenvalue weighted by molar-refractivity contribution is -0.142. The summed E-state index contributed by atoms with van der Waals surface area (Å²) in [5, 5.41) is 3.41. The Bertz CT molecular complexity index is 1500. The number of nitrogens with one attached hydrogen (secondary N) is 2. The normalized spacial score (nSPS) is 19.5. The topological polar surface area (TPSA) is 103 Å². The number of aromatic amines is 1. The zero-order valence-corrected chi connectivity index (χ0v) is 27.3. The molecular weight excluding hydrogens is 692 g/mol. The van der Waals surface area contributed by atoms with Crippen molar-refractivity contribution in [2.24, 2.45) is 0 Å². The number of carbonyl (C=O) groups excluding carboxylic acids is 2. The molecule has 4 heterocycles. The van der Waals surface area contributed by atoms with Crippen molar-refractivity contribution in [2.75, 3.05) is 52.4 Å². The van der Waals surface area contributed by atoms with Gasteiger partial charge in [0.25, 0.3) is 5.91 Å². The number of amides is 2. The molecule has 238 valence electrons. The van der Waals surface area contributed by atoms with Crippen LogP contribution in [0.2, 0.25) is 0 Å². The van der Waals surface area contributed by atoms with Gasteiger partial charge in [0.15, 0.2) is 6.10 Å². The fraction of sp³-hybridized carbons (Fsp3) is 0.531. The zero-order chi connectivity index (χ0) is 29.9. The molecule has 3 saturated heterocycles. The Morgan fingerprint density at radius 1 is 0.864 bits per heavy atom. The summed E-state index contributed by atoms with van der Waals surface area (Å²) in [5.74, 6) is -0.133. The second-order valence-corrected chi connectivity index (χ2v) is 13.4. The van der Waals surface area contributed by atoms with Crippen LogP contribution in [0.25, 0.3) is 11.0 Å². The second-order valence-electron chi connectivity index (χ2n) is 11.7. The summed E-state index contributed by atoms with van der Waals surface area (Å²) < 4.78 is 9.63. The average molecular weight is 735 g/mol. The number of para-hydroxylation sites is 2. The number of benzene rings is 2. The molecule has 0 bridgehead atoms. The molecule has 0 saturated carbocycles. The minimum Gasteiger partial charge on any atom is -0.436 e. The smallest absolute Gasteiger partial charge is 0.410 e. The summed E-state index contributed by atoms with van der Waals surface area (Å²) in [4.78, 5) is 49.0. The molecule has 3 aliphatic heterocycles. The van der Waals surface area contributed by atoms with Gasteiger partial charge in [-0.3, -0.25) is 14.3 Å². The molecule has 3 fully saturated rings. The lowest BCUT2D eigenvalue weighted by Crippen LogP contribution is -2.54. The molecule has 2 N–H and O–H groups in total. The molecule has 10 nitrogen and oxygen atoms in total. The van der Waals surface area contributed by atoms with Crippen molar-refractivity contribution in [3.05, 3.63) is 67.5 Å². The van der Waals surface area contributed by atoms with Gasteiger partial charge in [-0.2, -0.15) is 0 Å². The van der Waals surface area contributed by atoms with E-state index in [9.17, 15) is 14.4 Å². The van der Waals surface area contributed by atoms with Crippen LogP contribution in [0, 0.1) is 0 Å². The Morgan fingerprint density at radius 3 is 2.23 bits per heavy atom. The van der Waals surface area contributed by atoms with E-state index in [1.807, 2.05) is 47.4 Å². The van der Waals surface area contributed by atoms with Crippen LogP contribution in [-0.4, -0.2) is 101 Å². The quantitative estimate of drug-likeness (QED) is 0.379. The maximum absolute atomic E-state index is 13.9. The molecule has 12 heteroatoms. The molecule has 6 rings (SSSR count). The van der Waals surface area contributed by atoms with Crippen LogP contribution in [0.4, 0.5) is 4.79 Å². The highest BCUT2D eigenvalue weighted by Gasteiger charge is 2.35. The molecule has 0 spiro atoms. The van der Waals surface area contributed by atoms with E-state index in [0.717, 1.165) is 64.6 Å². The number of halogens is 2. The average Bonchev–Trinajstić information content (AvgIpc) is 3.38. The zero-order valence-electron chi connectivity index (χ0n) is 24.1. The maximum atomic E-state index is 13.9. The number of piperazine rings is 1.